The number of ether oxygens (including phenoxy) is 4. The Kier molecular flexibility index (Phi) is 31.9. The second-order valence-corrected chi connectivity index (χ2v) is 17.5. The van der Waals surface area contributed by atoms with Crippen LogP contribution in [0.25, 0.3) is 0 Å². The summed E-state index contributed by atoms with van der Waals surface area (Å²) in [4.78, 5) is 51.6. The van der Waals surface area contributed by atoms with E-state index in [9.17, 15) is 19.2 Å². The largest absolute Gasteiger partial charge is 0.465 e. The molecule has 0 fully saturated rings. The molecule has 0 rings (SSSR count). The summed E-state index contributed by atoms with van der Waals surface area (Å²) in [6.45, 7) is 17.0. The van der Waals surface area contributed by atoms with E-state index < -0.39 is 5.41 Å². The second kappa shape index (κ2) is 33.2. The van der Waals surface area contributed by atoms with Gasteiger partial charge in [0.15, 0.2) is 0 Å². The van der Waals surface area contributed by atoms with Crippen molar-refractivity contribution in [3.8, 4) is 0 Å². The third kappa shape index (κ3) is 34.1. The van der Waals surface area contributed by atoms with Crippen molar-refractivity contribution in [1.29, 1.82) is 0 Å². The quantitative estimate of drug-likeness (QED) is 0.0354. The zero-order valence-electron chi connectivity index (χ0n) is 35.9. The van der Waals surface area contributed by atoms with Gasteiger partial charge in [-0.2, -0.15) is 0 Å². The maximum absolute atomic E-state index is 12.9. The van der Waals surface area contributed by atoms with Crippen LogP contribution < -0.4 is 0 Å². The van der Waals surface area contributed by atoms with Crippen LogP contribution in [-0.2, 0) is 38.1 Å². The fraction of sp³-hybridized carbons (Fsp3) is 0.911. The molecule has 0 atom stereocenters. The van der Waals surface area contributed by atoms with Crippen molar-refractivity contribution < 1.29 is 38.1 Å². The van der Waals surface area contributed by atoms with Crippen molar-refractivity contribution >= 4 is 23.9 Å². The lowest BCUT2D eigenvalue weighted by Gasteiger charge is -2.31. The van der Waals surface area contributed by atoms with E-state index in [1.165, 1.54) is 25.7 Å². The van der Waals surface area contributed by atoms with E-state index in [0.717, 1.165) is 103 Å². The zero-order chi connectivity index (χ0) is 39.7. The van der Waals surface area contributed by atoms with Crippen LogP contribution in [0.2, 0.25) is 0 Å². The van der Waals surface area contributed by atoms with Gasteiger partial charge < -0.3 is 18.9 Å². The first-order valence-electron chi connectivity index (χ1n) is 21.9. The lowest BCUT2D eigenvalue weighted by molar-refractivity contribution is -0.170. The van der Waals surface area contributed by atoms with E-state index in [2.05, 4.69) is 55.4 Å². The molecule has 0 saturated carbocycles. The van der Waals surface area contributed by atoms with Gasteiger partial charge in [0.05, 0.1) is 0 Å². The molecule has 0 aromatic carbocycles. The van der Waals surface area contributed by atoms with Crippen LogP contribution in [0.5, 0.6) is 0 Å². The molecule has 0 aromatic heterocycles. The van der Waals surface area contributed by atoms with Gasteiger partial charge in [-0.3, -0.25) is 19.2 Å². The Bertz CT molecular complexity index is 776. The molecule has 0 aliphatic heterocycles. The predicted molar refractivity (Wildman–Crippen MR) is 216 cm³/mol. The molecule has 0 aromatic rings. The molecule has 0 N–H and O–H groups in total. The lowest BCUT2D eigenvalue weighted by atomic mass is 9.92. The van der Waals surface area contributed by atoms with E-state index in [0.29, 0.717) is 23.7 Å². The molecule has 0 bridgehead atoms. The van der Waals surface area contributed by atoms with Gasteiger partial charge in [-0.25, -0.2) is 0 Å². The van der Waals surface area contributed by atoms with Crippen LogP contribution in [-0.4, -0.2) is 50.3 Å². The molecule has 8 heteroatoms. The van der Waals surface area contributed by atoms with Gasteiger partial charge >= 0.3 is 23.9 Å². The first-order valence-corrected chi connectivity index (χ1v) is 21.9. The monoisotopic (exact) mass is 753 g/mol. The van der Waals surface area contributed by atoms with Gasteiger partial charge in [-0.1, -0.05) is 158 Å². The fourth-order valence-corrected chi connectivity index (χ4v) is 6.17. The average molecular weight is 753 g/mol. The molecular weight excluding hydrogens is 668 g/mol. The number of rotatable bonds is 36. The van der Waals surface area contributed by atoms with Crippen molar-refractivity contribution in [1.82, 2.24) is 0 Å². The van der Waals surface area contributed by atoms with Crippen molar-refractivity contribution in [2.24, 2.45) is 29.1 Å². The predicted octanol–water partition coefficient (Wildman–Crippen LogP) is 12.1. The van der Waals surface area contributed by atoms with Crippen molar-refractivity contribution in [3.05, 3.63) is 0 Å². The molecule has 0 saturated heterocycles. The minimum absolute atomic E-state index is 0.174. The van der Waals surface area contributed by atoms with Crippen molar-refractivity contribution in [2.75, 3.05) is 26.4 Å². The number of carbonyl (C=O) groups excluding carboxylic acids is 4. The van der Waals surface area contributed by atoms with E-state index in [1.54, 1.807) is 0 Å². The number of hydrogen-bond acceptors (Lipinski definition) is 8. The lowest BCUT2D eigenvalue weighted by Crippen LogP contribution is -2.44. The molecular formula is C45H84O8. The van der Waals surface area contributed by atoms with E-state index >= 15 is 0 Å². The first-order chi connectivity index (χ1) is 25.2. The SMILES string of the molecule is CC(C)CCCCCCC(=O)OCC(COC(=O)CCCCCCC(C)C)(COC(=O)CCCCCCC(C)C)COC(=O)CCCCCCC(C)C. The summed E-state index contributed by atoms with van der Waals surface area (Å²) < 4.78 is 23.1. The number of carbonyl (C=O) groups is 4. The smallest absolute Gasteiger partial charge is 0.305 e. The molecule has 8 nitrogen and oxygen atoms in total. The Morgan fingerprint density at radius 3 is 0.698 bits per heavy atom. The average Bonchev–Trinajstić information content (AvgIpc) is 3.09. The molecule has 0 spiro atoms. The number of hydrogen-bond donors (Lipinski definition) is 0. The normalized spacial score (nSPS) is 11.8. The summed E-state index contributed by atoms with van der Waals surface area (Å²) in [5.41, 5.74) is -1.19. The van der Waals surface area contributed by atoms with Crippen LogP contribution >= 0.6 is 0 Å². The summed E-state index contributed by atoms with van der Waals surface area (Å²) in [7, 11) is 0. The molecule has 0 heterocycles. The van der Waals surface area contributed by atoms with Crippen LogP contribution in [0.1, 0.15) is 209 Å². The maximum Gasteiger partial charge on any atom is 0.305 e. The summed E-state index contributed by atoms with van der Waals surface area (Å²) in [5.74, 6) is 1.26. The minimum atomic E-state index is -1.19. The van der Waals surface area contributed by atoms with Gasteiger partial charge in [0.1, 0.15) is 31.8 Å². The van der Waals surface area contributed by atoms with Crippen molar-refractivity contribution in [3.63, 3.8) is 0 Å². The Balaban J connectivity index is 5.53. The van der Waals surface area contributed by atoms with Crippen LogP contribution in [0.3, 0.4) is 0 Å². The molecule has 53 heavy (non-hydrogen) atoms. The van der Waals surface area contributed by atoms with E-state index in [1.807, 2.05) is 0 Å². The molecule has 0 aliphatic carbocycles. The Morgan fingerprint density at radius 2 is 0.509 bits per heavy atom. The van der Waals surface area contributed by atoms with Gasteiger partial charge in [0.2, 0.25) is 0 Å². The molecule has 312 valence electrons. The summed E-state index contributed by atoms with van der Waals surface area (Å²) >= 11 is 0. The second-order valence-electron chi connectivity index (χ2n) is 17.5. The number of unbranched alkanes of at least 4 members (excludes halogenated alkanes) is 12. The third-order valence-corrected chi connectivity index (χ3v) is 9.81. The first kappa shape index (κ1) is 50.9. The Hall–Kier alpha value is -2.12. The number of esters is 4. The molecule has 0 aliphatic rings. The highest BCUT2D eigenvalue weighted by Crippen LogP contribution is 2.24. The molecule has 0 amide bonds. The van der Waals surface area contributed by atoms with Crippen LogP contribution in [0.15, 0.2) is 0 Å². The van der Waals surface area contributed by atoms with Gasteiger partial charge in [0, 0.05) is 25.7 Å². The summed E-state index contributed by atoms with van der Waals surface area (Å²) in [6, 6.07) is 0. The zero-order valence-corrected chi connectivity index (χ0v) is 35.9. The topological polar surface area (TPSA) is 105 Å². The summed E-state index contributed by atoms with van der Waals surface area (Å²) in [6.07, 6.45) is 21.4. The fourth-order valence-electron chi connectivity index (χ4n) is 6.17. The van der Waals surface area contributed by atoms with Crippen LogP contribution in [0, 0.1) is 29.1 Å². The molecule has 0 unspecified atom stereocenters. The highest BCUT2D eigenvalue weighted by molar-refractivity contribution is 5.71. The van der Waals surface area contributed by atoms with Gasteiger partial charge in [0.25, 0.3) is 0 Å². The Labute approximate surface area is 326 Å². The minimum Gasteiger partial charge on any atom is -0.465 e. The Morgan fingerprint density at radius 1 is 0.321 bits per heavy atom. The molecule has 0 radical (unpaired) electrons. The van der Waals surface area contributed by atoms with Gasteiger partial charge in [-0.05, 0) is 49.4 Å². The van der Waals surface area contributed by atoms with Crippen LogP contribution in [0.4, 0.5) is 0 Å². The van der Waals surface area contributed by atoms with Gasteiger partial charge in [-0.15, -0.1) is 0 Å². The standard InChI is InChI=1S/C45H84O8/c1-37(2)25-17-9-13-21-29-41(46)50-33-45(34-51-42(47)30-22-14-10-18-26-38(3)4,35-52-43(48)31-23-15-11-19-27-39(5)6)36-53-44(49)32-24-16-12-20-28-40(7)8/h37-40H,9-36H2,1-8H3. The van der Waals surface area contributed by atoms with Crippen molar-refractivity contribution in [2.45, 2.75) is 209 Å². The highest BCUT2D eigenvalue weighted by atomic mass is 16.6. The highest BCUT2D eigenvalue weighted by Gasteiger charge is 2.38. The van der Waals surface area contributed by atoms with E-state index in [-0.39, 0.29) is 76.0 Å². The third-order valence-electron chi connectivity index (χ3n) is 9.81. The maximum atomic E-state index is 12.9. The summed E-state index contributed by atoms with van der Waals surface area (Å²) in [5, 5.41) is 0. The van der Waals surface area contributed by atoms with E-state index in [4.69, 9.17) is 18.9 Å².